The maximum absolute atomic E-state index is 13.0. The molecule has 0 aromatic heterocycles. The van der Waals surface area contributed by atoms with Crippen molar-refractivity contribution >= 4 is 46.9 Å². The Kier molecular flexibility index (Phi) is 17.8. The number of hydrogen-bond acceptors (Lipinski definition) is 6. The molecule has 12 nitrogen and oxygen atoms in total. The van der Waals surface area contributed by atoms with E-state index in [0.29, 0.717) is 35.8 Å². The minimum Gasteiger partial charge on any atom is -0.338 e. The molecule has 0 bridgehead atoms. The first kappa shape index (κ1) is 39.7. The molecule has 0 saturated carbocycles. The van der Waals surface area contributed by atoms with E-state index in [4.69, 9.17) is 0 Å². The van der Waals surface area contributed by atoms with Crippen molar-refractivity contribution in [1.29, 1.82) is 0 Å². The van der Waals surface area contributed by atoms with E-state index in [1.807, 2.05) is 121 Å². The maximum atomic E-state index is 13.0. The molecule has 0 spiro atoms. The normalized spacial score (nSPS) is 10.3. The van der Waals surface area contributed by atoms with Gasteiger partial charge in [-0.15, -0.1) is 0 Å². The predicted octanol–water partition coefficient (Wildman–Crippen LogP) is 6.88. The summed E-state index contributed by atoms with van der Waals surface area (Å²) in [7, 11) is 0. The van der Waals surface area contributed by atoms with Gasteiger partial charge in [0, 0.05) is 13.1 Å². The van der Waals surface area contributed by atoms with Gasteiger partial charge in [0.25, 0.3) is 0 Å². The van der Waals surface area contributed by atoms with Gasteiger partial charge in [-0.05, 0) is 100 Å². The van der Waals surface area contributed by atoms with Crippen molar-refractivity contribution in [3.8, 4) is 0 Å². The zero-order valence-corrected chi connectivity index (χ0v) is 28.1. The van der Waals surface area contributed by atoms with Gasteiger partial charge in [-0.1, -0.05) is 80.2 Å². The number of benzene rings is 4. The average Bonchev–Trinajstić information content (AvgIpc) is 3.13. The first-order chi connectivity index (χ1) is 24.5. The molecular formula is C39H50N8O4. The highest BCUT2D eigenvalue weighted by Crippen LogP contribution is 2.26. The fraction of sp³-hybridized carbons (Fsp3) is 0.282. The third-order valence-electron chi connectivity index (χ3n) is 7.49. The molecule has 270 valence electrons. The Hall–Kier alpha value is -5.72. The van der Waals surface area contributed by atoms with Crippen molar-refractivity contribution in [3.05, 3.63) is 121 Å². The first-order valence-corrected chi connectivity index (χ1v) is 16.9. The molecule has 4 aromatic rings. The molecule has 51 heavy (non-hydrogen) atoms. The number of unbranched alkanes of at least 4 members (excludes halogenated alkanes) is 1. The smallest absolute Gasteiger partial charge is 0.334 e. The Morgan fingerprint density at radius 1 is 0.392 bits per heavy atom. The molecule has 6 N–H and O–H groups in total. The predicted molar refractivity (Wildman–Crippen MR) is 205 cm³/mol. The molecule has 4 aromatic carbocycles. The van der Waals surface area contributed by atoms with Crippen LogP contribution in [-0.4, -0.2) is 63.4 Å². The molecular weight excluding hydrogens is 644 g/mol. The van der Waals surface area contributed by atoms with Crippen LogP contribution < -0.4 is 41.7 Å². The molecule has 0 heterocycles. The quantitative estimate of drug-likeness (QED) is 0.0665. The van der Waals surface area contributed by atoms with Gasteiger partial charge in [0.1, 0.15) is 0 Å². The van der Waals surface area contributed by atoms with Gasteiger partial charge in [-0.3, -0.25) is 20.4 Å². The average molecular weight is 695 g/mol. The standard InChI is InChI=1S/C38H46N8O4.CH4/c47-35(43-37(49)45(31-17-5-1-6-18-31)32-19-7-2-8-20-32)41-29-15-27-39-25-13-14-26-40-28-16-30-42-36(48)44-38(50)46(33-21-9-3-10-22-33)34-23-11-4-12-24-34;/h1-12,17-24,39-40H,13-16,25-30H2,(H2,41,43,47,49)(H2,42,44,48,50);1H4. The number of nitrogens with one attached hydrogen (secondary N) is 6. The van der Waals surface area contributed by atoms with Crippen LogP contribution in [0.1, 0.15) is 33.1 Å². The molecule has 4 rings (SSSR count). The Bertz CT molecular complexity index is 1400. The van der Waals surface area contributed by atoms with Crippen LogP contribution in [0, 0.1) is 0 Å². The highest BCUT2D eigenvalue weighted by Gasteiger charge is 2.21. The molecule has 12 heteroatoms. The van der Waals surface area contributed by atoms with Crippen molar-refractivity contribution in [2.24, 2.45) is 0 Å². The van der Waals surface area contributed by atoms with Crippen LogP contribution in [0.4, 0.5) is 41.9 Å². The second-order valence-electron chi connectivity index (χ2n) is 11.3. The lowest BCUT2D eigenvalue weighted by Gasteiger charge is -2.23. The highest BCUT2D eigenvalue weighted by molar-refractivity contribution is 6.07. The van der Waals surface area contributed by atoms with Crippen molar-refractivity contribution < 1.29 is 19.2 Å². The third-order valence-corrected chi connectivity index (χ3v) is 7.49. The Morgan fingerprint density at radius 2 is 0.667 bits per heavy atom. The molecule has 0 fully saturated rings. The van der Waals surface area contributed by atoms with Gasteiger partial charge >= 0.3 is 24.1 Å². The van der Waals surface area contributed by atoms with E-state index < -0.39 is 24.1 Å². The number of urea groups is 4. The number of amides is 8. The molecule has 0 aliphatic rings. The lowest BCUT2D eigenvalue weighted by Crippen LogP contribution is -2.45. The summed E-state index contributed by atoms with van der Waals surface area (Å²) in [6.07, 6.45) is 3.44. The van der Waals surface area contributed by atoms with Crippen LogP contribution in [0.3, 0.4) is 0 Å². The number of imide groups is 2. The summed E-state index contributed by atoms with van der Waals surface area (Å²) in [6.45, 7) is 4.06. The third kappa shape index (κ3) is 14.0. The Labute approximate surface area is 301 Å². The van der Waals surface area contributed by atoms with Crippen LogP contribution >= 0.6 is 0 Å². The van der Waals surface area contributed by atoms with E-state index in [0.717, 1.165) is 51.9 Å². The number of nitrogens with zero attached hydrogens (tertiary/aromatic N) is 2. The Balaban J connectivity index is 0.00000702. The summed E-state index contributed by atoms with van der Waals surface area (Å²) < 4.78 is 0. The first-order valence-electron chi connectivity index (χ1n) is 16.9. The molecule has 0 aliphatic heterocycles. The van der Waals surface area contributed by atoms with Crippen LogP contribution in [0.2, 0.25) is 0 Å². The largest absolute Gasteiger partial charge is 0.338 e. The maximum Gasteiger partial charge on any atom is 0.334 e. The van der Waals surface area contributed by atoms with Gasteiger partial charge in [0.15, 0.2) is 0 Å². The van der Waals surface area contributed by atoms with Crippen molar-refractivity contribution in [3.63, 3.8) is 0 Å². The zero-order chi connectivity index (χ0) is 35.2. The van der Waals surface area contributed by atoms with E-state index in [2.05, 4.69) is 31.9 Å². The lowest BCUT2D eigenvalue weighted by atomic mass is 10.2. The van der Waals surface area contributed by atoms with Crippen LogP contribution in [0.15, 0.2) is 121 Å². The molecule has 0 radical (unpaired) electrons. The van der Waals surface area contributed by atoms with E-state index in [9.17, 15) is 19.2 Å². The topological polar surface area (TPSA) is 147 Å². The number of hydrogen-bond donors (Lipinski definition) is 6. The molecule has 8 amide bonds. The van der Waals surface area contributed by atoms with Gasteiger partial charge < -0.3 is 21.3 Å². The van der Waals surface area contributed by atoms with E-state index >= 15 is 0 Å². The van der Waals surface area contributed by atoms with Crippen molar-refractivity contribution in [2.75, 3.05) is 49.1 Å². The summed E-state index contributed by atoms with van der Waals surface area (Å²) in [5.74, 6) is 0. The summed E-state index contributed by atoms with van der Waals surface area (Å²) in [5, 5.41) is 17.1. The Morgan fingerprint density at radius 3 is 0.961 bits per heavy atom. The van der Waals surface area contributed by atoms with Crippen molar-refractivity contribution in [2.45, 2.75) is 33.1 Å². The van der Waals surface area contributed by atoms with E-state index in [-0.39, 0.29) is 7.43 Å². The molecule has 0 unspecified atom stereocenters. The van der Waals surface area contributed by atoms with Gasteiger partial charge in [-0.2, -0.15) is 0 Å². The van der Waals surface area contributed by atoms with Crippen LogP contribution in [0.25, 0.3) is 0 Å². The summed E-state index contributed by atoms with van der Waals surface area (Å²) in [5.41, 5.74) is 2.63. The van der Waals surface area contributed by atoms with Gasteiger partial charge in [-0.25, -0.2) is 19.2 Å². The fourth-order valence-electron chi connectivity index (χ4n) is 5.05. The second kappa shape index (κ2) is 22.8. The second-order valence-corrected chi connectivity index (χ2v) is 11.3. The number of carbonyl (C=O) groups is 4. The van der Waals surface area contributed by atoms with Crippen LogP contribution in [0.5, 0.6) is 0 Å². The van der Waals surface area contributed by atoms with E-state index in [1.54, 1.807) is 0 Å². The molecule has 0 aliphatic carbocycles. The number of rotatable bonds is 17. The number of anilines is 4. The minimum absolute atomic E-state index is 0. The molecule has 0 saturated heterocycles. The SMILES string of the molecule is C.O=C(NCCCNCCCCNCCCNC(=O)NC(=O)N(c1ccccc1)c1ccccc1)NC(=O)N(c1ccccc1)c1ccccc1. The monoisotopic (exact) mass is 694 g/mol. The minimum atomic E-state index is -0.542. The van der Waals surface area contributed by atoms with Gasteiger partial charge in [0.2, 0.25) is 0 Å². The summed E-state index contributed by atoms with van der Waals surface area (Å²) >= 11 is 0. The zero-order valence-electron chi connectivity index (χ0n) is 28.1. The number of carbonyl (C=O) groups excluding carboxylic acids is 4. The van der Waals surface area contributed by atoms with Gasteiger partial charge in [0.05, 0.1) is 22.7 Å². The van der Waals surface area contributed by atoms with E-state index in [1.165, 1.54) is 9.80 Å². The summed E-state index contributed by atoms with van der Waals surface area (Å²) in [6, 6.07) is 34.5. The van der Waals surface area contributed by atoms with Crippen LogP contribution in [-0.2, 0) is 0 Å². The number of para-hydroxylation sites is 4. The highest BCUT2D eigenvalue weighted by atomic mass is 16.2. The fourth-order valence-corrected chi connectivity index (χ4v) is 5.05. The van der Waals surface area contributed by atoms with Crippen molar-refractivity contribution in [1.82, 2.24) is 31.9 Å². The summed E-state index contributed by atoms with van der Waals surface area (Å²) in [4.78, 5) is 53.6. The lowest BCUT2D eigenvalue weighted by molar-refractivity contribution is 0.229. The molecule has 0 atom stereocenters.